The monoisotopic (exact) mass is 330 g/mol. The first-order valence-electron chi connectivity index (χ1n) is 7.43. The van der Waals surface area contributed by atoms with Crippen LogP contribution in [0.25, 0.3) is 0 Å². The Balaban J connectivity index is 1.63. The minimum absolute atomic E-state index is 0.192. The second-order valence-corrected chi connectivity index (χ2v) is 8.68. The van der Waals surface area contributed by atoms with E-state index in [2.05, 4.69) is 5.32 Å². The highest BCUT2D eigenvalue weighted by atomic mass is 32.2. The van der Waals surface area contributed by atoms with Gasteiger partial charge in [-0.05, 0) is 31.7 Å². The van der Waals surface area contributed by atoms with Gasteiger partial charge in [0.15, 0.2) is 0 Å². The lowest BCUT2D eigenvalue weighted by atomic mass is 10.1. The third-order valence-corrected chi connectivity index (χ3v) is 7.11. The van der Waals surface area contributed by atoms with Crippen molar-refractivity contribution in [1.82, 2.24) is 9.62 Å². The van der Waals surface area contributed by atoms with E-state index in [0.717, 1.165) is 24.3 Å². The Morgan fingerprint density at radius 1 is 1.33 bits per heavy atom. The van der Waals surface area contributed by atoms with E-state index >= 15 is 0 Å². The lowest BCUT2D eigenvalue weighted by Crippen LogP contribution is -2.40. The zero-order valence-corrected chi connectivity index (χ0v) is 13.9. The minimum Gasteiger partial charge on any atom is -0.381 e. The Morgan fingerprint density at radius 2 is 2.05 bits per heavy atom. The quantitative estimate of drug-likeness (QED) is 0.864. The summed E-state index contributed by atoms with van der Waals surface area (Å²) in [7, 11) is -1.65. The van der Waals surface area contributed by atoms with Gasteiger partial charge in [-0.25, -0.2) is 8.42 Å². The molecule has 0 amide bonds. The predicted molar refractivity (Wildman–Crippen MR) is 83.0 cm³/mol. The molecule has 0 spiro atoms. The molecule has 5 nitrogen and oxygen atoms in total. The molecule has 1 aromatic heterocycles. The number of nitrogens with zero attached hydrogens (tertiary/aromatic N) is 1. The van der Waals surface area contributed by atoms with Crippen LogP contribution in [0.1, 0.15) is 30.6 Å². The molecule has 1 aliphatic heterocycles. The van der Waals surface area contributed by atoms with Crippen molar-refractivity contribution in [3.63, 3.8) is 0 Å². The Labute approximate surface area is 130 Å². The summed E-state index contributed by atoms with van der Waals surface area (Å²) in [5.74, 6) is 0. The molecule has 2 heterocycles. The number of thiophene rings is 1. The molecule has 118 valence electrons. The van der Waals surface area contributed by atoms with Crippen LogP contribution in [0.3, 0.4) is 0 Å². The van der Waals surface area contributed by atoms with Gasteiger partial charge in [-0.3, -0.25) is 0 Å². The molecule has 1 aliphatic carbocycles. The topological polar surface area (TPSA) is 58.6 Å². The first-order valence-corrected chi connectivity index (χ1v) is 9.75. The van der Waals surface area contributed by atoms with Crippen LogP contribution < -0.4 is 5.32 Å². The molecule has 1 N–H and O–H groups in total. The van der Waals surface area contributed by atoms with Crippen LogP contribution >= 0.6 is 11.3 Å². The van der Waals surface area contributed by atoms with Crippen LogP contribution in [-0.2, 0) is 21.3 Å². The van der Waals surface area contributed by atoms with E-state index in [0.29, 0.717) is 24.0 Å². The van der Waals surface area contributed by atoms with E-state index < -0.39 is 10.0 Å². The summed E-state index contributed by atoms with van der Waals surface area (Å²) in [6, 6.07) is 2.46. The SMILES string of the molecule is COC1CCN(S(=O)(=O)c2csc(CNC3CC3)c2)CC1. The first-order chi connectivity index (χ1) is 10.1. The molecular weight excluding hydrogens is 308 g/mol. The minimum atomic E-state index is -3.34. The molecule has 1 saturated carbocycles. The molecule has 0 unspecified atom stereocenters. The molecule has 21 heavy (non-hydrogen) atoms. The average molecular weight is 330 g/mol. The van der Waals surface area contributed by atoms with Gasteiger partial charge in [-0.15, -0.1) is 11.3 Å². The van der Waals surface area contributed by atoms with Gasteiger partial charge >= 0.3 is 0 Å². The first kappa shape index (κ1) is 15.4. The molecule has 2 aliphatic rings. The highest BCUT2D eigenvalue weighted by molar-refractivity contribution is 7.89. The molecule has 2 fully saturated rings. The summed E-state index contributed by atoms with van der Waals surface area (Å²) >= 11 is 1.52. The summed E-state index contributed by atoms with van der Waals surface area (Å²) in [6.07, 6.45) is 4.22. The van der Waals surface area contributed by atoms with Gasteiger partial charge < -0.3 is 10.1 Å². The van der Waals surface area contributed by atoms with E-state index in [9.17, 15) is 8.42 Å². The normalized spacial score (nSPS) is 21.8. The number of hydrogen-bond acceptors (Lipinski definition) is 5. The molecule has 7 heteroatoms. The number of rotatable bonds is 6. The van der Waals surface area contributed by atoms with Gasteiger partial charge in [0.05, 0.1) is 11.0 Å². The van der Waals surface area contributed by atoms with Crippen molar-refractivity contribution in [2.24, 2.45) is 0 Å². The Bertz CT molecular complexity index is 573. The number of methoxy groups -OCH3 is 1. The molecular formula is C14H22N2O3S2. The largest absolute Gasteiger partial charge is 0.381 e. The van der Waals surface area contributed by atoms with Gasteiger partial charge in [0.1, 0.15) is 0 Å². The molecule has 0 bridgehead atoms. The number of sulfonamides is 1. The maximum absolute atomic E-state index is 12.6. The van der Waals surface area contributed by atoms with Gasteiger partial charge in [0, 0.05) is 43.0 Å². The third-order valence-electron chi connectivity index (χ3n) is 4.14. The van der Waals surface area contributed by atoms with Crippen molar-refractivity contribution in [3.05, 3.63) is 16.3 Å². The zero-order chi connectivity index (χ0) is 14.9. The Morgan fingerprint density at radius 3 is 2.67 bits per heavy atom. The smallest absolute Gasteiger partial charge is 0.243 e. The van der Waals surface area contributed by atoms with Gasteiger partial charge in [-0.2, -0.15) is 4.31 Å². The van der Waals surface area contributed by atoms with Crippen LogP contribution in [-0.4, -0.2) is 45.1 Å². The van der Waals surface area contributed by atoms with Gasteiger partial charge in [0.2, 0.25) is 10.0 Å². The summed E-state index contributed by atoms with van der Waals surface area (Å²) in [6.45, 7) is 1.87. The highest BCUT2D eigenvalue weighted by Crippen LogP contribution is 2.26. The van der Waals surface area contributed by atoms with Crippen molar-refractivity contribution in [3.8, 4) is 0 Å². The molecule has 1 saturated heterocycles. The van der Waals surface area contributed by atoms with E-state index in [1.165, 1.54) is 24.2 Å². The van der Waals surface area contributed by atoms with Crippen molar-refractivity contribution in [2.45, 2.75) is 49.3 Å². The number of nitrogens with one attached hydrogen (secondary N) is 1. The van der Waals surface area contributed by atoms with E-state index in [4.69, 9.17) is 4.74 Å². The molecule has 0 radical (unpaired) electrons. The third kappa shape index (κ3) is 3.65. The summed E-state index contributed by atoms with van der Waals surface area (Å²) in [5.41, 5.74) is 0. The summed E-state index contributed by atoms with van der Waals surface area (Å²) < 4.78 is 32.1. The predicted octanol–water partition coefficient (Wildman–Crippen LogP) is 1.80. The van der Waals surface area contributed by atoms with E-state index in [-0.39, 0.29) is 6.10 Å². The number of piperidine rings is 1. The van der Waals surface area contributed by atoms with Crippen LogP contribution in [0.2, 0.25) is 0 Å². The van der Waals surface area contributed by atoms with Crippen LogP contribution in [0.4, 0.5) is 0 Å². The van der Waals surface area contributed by atoms with Crippen LogP contribution in [0, 0.1) is 0 Å². The standard InChI is InChI=1S/C14H22N2O3S2/c1-19-12-4-6-16(7-5-12)21(17,18)14-8-13(20-10-14)9-15-11-2-3-11/h8,10-12,15H,2-7,9H2,1H3. The van der Waals surface area contributed by atoms with Crippen molar-refractivity contribution in [2.75, 3.05) is 20.2 Å². The van der Waals surface area contributed by atoms with Gasteiger partial charge in [0.25, 0.3) is 0 Å². The number of hydrogen-bond donors (Lipinski definition) is 1. The van der Waals surface area contributed by atoms with Gasteiger partial charge in [-0.1, -0.05) is 0 Å². The number of ether oxygens (including phenoxy) is 1. The lowest BCUT2D eigenvalue weighted by molar-refractivity contribution is 0.0604. The summed E-state index contributed by atoms with van der Waals surface area (Å²) in [4.78, 5) is 1.53. The molecule has 0 aromatic carbocycles. The Kier molecular flexibility index (Phi) is 4.66. The fraction of sp³-hybridized carbons (Fsp3) is 0.714. The Hall–Kier alpha value is -0.470. The molecule has 3 rings (SSSR count). The fourth-order valence-electron chi connectivity index (χ4n) is 2.58. The second-order valence-electron chi connectivity index (χ2n) is 5.74. The van der Waals surface area contributed by atoms with E-state index in [1.807, 2.05) is 6.07 Å². The van der Waals surface area contributed by atoms with E-state index in [1.54, 1.807) is 16.8 Å². The van der Waals surface area contributed by atoms with Crippen molar-refractivity contribution >= 4 is 21.4 Å². The molecule has 0 atom stereocenters. The van der Waals surface area contributed by atoms with Crippen LogP contribution in [0.15, 0.2) is 16.3 Å². The lowest BCUT2D eigenvalue weighted by Gasteiger charge is -2.30. The average Bonchev–Trinajstić information content (AvgIpc) is 3.21. The second kappa shape index (κ2) is 6.34. The molecule has 1 aromatic rings. The maximum atomic E-state index is 12.6. The van der Waals surface area contributed by atoms with Crippen molar-refractivity contribution in [1.29, 1.82) is 0 Å². The summed E-state index contributed by atoms with van der Waals surface area (Å²) in [5, 5.41) is 5.18. The maximum Gasteiger partial charge on any atom is 0.243 e. The highest BCUT2D eigenvalue weighted by Gasteiger charge is 2.30. The van der Waals surface area contributed by atoms with Crippen LogP contribution in [0.5, 0.6) is 0 Å². The zero-order valence-electron chi connectivity index (χ0n) is 12.2. The fourth-order valence-corrected chi connectivity index (χ4v) is 5.26. The van der Waals surface area contributed by atoms with Crippen molar-refractivity contribution < 1.29 is 13.2 Å².